The number of anilines is 3. The van der Waals surface area contributed by atoms with Gasteiger partial charge in [0.1, 0.15) is 0 Å². The molecule has 8 saturated carbocycles. The molecular formula is C62H57N. The highest BCUT2D eigenvalue weighted by Crippen LogP contribution is 2.70. The Bertz CT molecular complexity index is 2990. The van der Waals surface area contributed by atoms with Gasteiger partial charge in [-0.15, -0.1) is 0 Å². The minimum atomic E-state index is 0.112. The van der Waals surface area contributed by atoms with Gasteiger partial charge < -0.3 is 4.90 Å². The van der Waals surface area contributed by atoms with Gasteiger partial charge in [-0.1, -0.05) is 122 Å². The first-order chi connectivity index (χ1) is 31.1. The Hall–Kier alpha value is -5.40. The number of nitrogens with zero attached hydrogens (tertiary/aromatic N) is 1. The summed E-state index contributed by atoms with van der Waals surface area (Å²) in [6.07, 6.45) is 17.1. The lowest BCUT2D eigenvalue weighted by Gasteiger charge is -2.53. The number of fused-ring (bicyclic) bond motifs is 9. The maximum atomic E-state index is 2.71. The first kappa shape index (κ1) is 36.0. The highest BCUT2D eigenvalue weighted by Gasteiger charge is 2.61. The van der Waals surface area contributed by atoms with Crippen molar-refractivity contribution < 1.29 is 0 Å². The van der Waals surface area contributed by atoms with Crippen molar-refractivity contribution in [1.29, 1.82) is 0 Å². The number of hydrogen-bond donors (Lipinski definition) is 0. The van der Waals surface area contributed by atoms with Crippen LogP contribution in [-0.4, -0.2) is 0 Å². The molecule has 10 aliphatic rings. The molecule has 7 aromatic rings. The smallest absolute Gasteiger partial charge is 0.0468 e. The van der Waals surface area contributed by atoms with Crippen LogP contribution in [0.2, 0.25) is 0 Å². The van der Waals surface area contributed by atoms with E-state index in [1.54, 1.807) is 22.3 Å². The largest absolute Gasteiger partial charge is 0.310 e. The molecule has 10 atom stereocenters. The van der Waals surface area contributed by atoms with E-state index in [1.807, 2.05) is 0 Å². The molecular weight excluding hydrogens is 759 g/mol. The van der Waals surface area contributed by atoms with E-state index in [-0.39, 0.29) is 10.8 Å². The summed E-state index contributed by atoms with van der Waals surface area (Å²) >= 11 is 0. The van der Waals surface area contributed by atoms with Crippen LogP contribution in [0, 0.1) is 47.3 Å². The molecule has 0 saturated heterocycles. The Labute approximate surface area is 373 Å². The topological polar surface area (TPSA) is 3.24 Å². The lowest BCUT2D eigenvalue weighted by molar-refractivity contribution is 0.0617. The average molecular weight is 816 g/mol. The fraction of sp³-hybridized carbons (Fsp3) is 0.355. The van der Waals surface area contributed by atoms with Crippen LogP contribution in [0.15, 0.2) is 152 Å². The van der Waals surface area contributed by atoms with Crippen molar-refractivity contribution >= 4 is 27.8 Å². The standard InChI is InChI=1S/C62H57N/c1-2-8-44-35-45(16-15-42(44)7-1)43-17-21-50(22-18-43)63(51-24-26-59-56(36-51)54-10-4-6-12-58(54)61(59)46-19-13-38-27-40(31-46)33-48(61)29-38)52-23-25-55-53-9-3-5-11-57(53)62(60(55)37-52)47-20-14-39-28-41(32-47)34-49(62)30-39/h1-12,15-18,21-26,35-41,46-49H,13-14,19-20,27-34H2. The second kappa shape index (κ2) is 13.1. The number of hydrogen-bond acceptors (Lipinski definition) is 1. The van der Waals surface area contributed by atoms with Crippen molar-refractivity contribution in [2.45, 2.75) is 87.9 Å². The Kier molecular flexibility index (Phi) is 7.48. The van der Waals surface area contributed by atoms with Crippen LogP contribution in [0.4, 0.5) is 17.1 Å². The van der Waals surface area contributed by atoms with Gasteiger partial charge in [-0.2, -0.15) is 0 Å². The summed E-state index contributed by atoms with van der Waals surface area (Å²) in [4.78, 5) is 2.64. The minimum Gasteiger partial charge on any atom is -0.310 e. The van der Waals surface area contributed by atoms with Gasteiger partial charge in [0, 0.05) is 27.9 Å². The van der Waals surface area contributed by atoms with Crippen LogP contribution in [0.1, 0.15) is 99.3 Å². The van der Waals surface area contributed by atoms with Crippen molar-refractivity contribution in [3.05, 3.63) is 174 Å². The summed E-state index contributed by atoms with van der Waals surface area (Å²) in [5.41, 5.74) is 19.2. The van der Waals surface area contributed by atoms with E-state index in [2.05, 4.69) is 157 Å². The highest BCUT2D eigenvalue weighted by molar-refractivity contribution is 5.91. The zero-order valence-corrected chi connectivity index (χ0v) is 36.5. The summed E-state index contributed by atoms with van der Waals surface area (Å²) < 4.78 is 0. The molecule has 0 amide bonds. The molecule has 0 aliphatic heterocycles. The van der Waals surface area contributed by atoms with E-state index in [9.17, 15) is 0 Å². The molecule has 0 aromatic heterocycles. The molecule has 0 radical (unpaired) electrons. The third-order valence-corrected chi connectivity index (χ3v) is 19.4. The molecule has 8 fully saturated rings. The zero-order valence-electron chi connectivity index (χ0n) is 36.5. The molecule has 1 nitrogen and oxygen atoms in total. The lowest BCUT2D eigenvalue weighted by atomic mass is 9.51. The van der Waals surface area contributed by atoms with Gasteiger partial charge in [-0.25, -0.2) is 0 Å². The predicted molar refractivity (Wildman–Crippen MR) is 260 cm³/mol. The Morgan fingerprint density at radius 2 is 0.825 bits per heavy atom. The third-order valence-electron chi connectivity index (χ3n) is 19.4. The van der Waals surface area contributed by atoms with Crippen molar-refractivity contribution in [3.63, 3.8) is 0 Å². The SMILES string of the molecule is c1ccc2c(c1)-c1cc(N(c3ccc(-c4ccc5ccccc5c4)cc3)c3ccc4c(c3)C3(c5ccccc5-4)C4CCC5CC(C4)CC3C5)ccc1C21C2CCC3CC(C2)CC1C3. The van der Waals surface area contributed by atoms with Gasteiger partial charge in [-0.05, 0) is 220 Å². The monoisotopic (exact) mass is 815 g/mol. The van der Waals surface area contributed by atoms with Crippen LogP contribution in [0.25, 0.3) is 44.2 Å². The first-order valence-electron chi connectivity index (χ1n) is 25.0. The normalized spacial score (nSPS) is 32.1. The molecule has 1 heteroatoms. The predicted octanol–water partition coefficient (Wildman–Crippen LogP) is 16.2. The summed E-state index contributed by atoms with van der Waals surface area (Å²) in [6.45, 7) is 0. The Morgan fingerprint density at radius 3 is 1.54 bits per heavy atom. The summed E-state index contributed by atoms with van der Waals surface area (Å²) in [5, 5.41) is 2.58. The van der Waals surface area contributed by atoms with Gasteiger partial charge in [0.2, 0.25) is 0 Å². The van der Waals surface area contributed by atoms with Crippen LogP contribution in [0.5, 0.6) is 0 Å². The van der Waals surface area contributed by atoms with Gasteiger partial charge in [0.05, 0.1) is 0 Å². The number of benzene rings is 7. The Balaban J connectivity index is 0.919. The van der Waals surface area contributed by atoms with E-state index in [0.717, 1.165) is 47.3 Å². The second-order valence-electron chi connectivity index (χ2n) is 22.0. The fourth-order valence-corrected chi connectivity index (χ4v) is 17.5. The van der Waals surface area contributed by atoms with Crippen LogP contribution in [-0.2, 0) is 10.8 Å². The molecule has 2 spiro atoms. The van der Waals surface area contributed by atoms with Gasteiger partial charge in [0.25, 0.3) is 0 Å². The van der Waals surface area contributed by atoms with Crippen LogP contribution < -0.4 is 4.90 Å². The van der Waals surface area contributed by atoms with Crippen LogP contribution in [0.3, 0.4) is 0 Å². The molecule has 0 heterocycles. The van der Waals surface area contributed by atoms with E-state index in [1.165, 1.54) is 138 Å². The molecule has 0 N–H and O–H groups in total. The van der Waals surface area contributed by atoms with Crippen LogP contribution >= 0.6 is 0 Å². The quantitative estimate of drug-likeness (QED) is 0.171. The fourth-order valence-electron chi connectivity index (χ4n) is 17.5. The number of rotatable bonds is 4. The maximum Gasteiger partial charge on any atom is 0.0468 e. The van der Waals surface area contributed by atoms with Crippen molar-refractivity contribution in [2.75, 3.05) is 4.90 Å². The molecule has 63 heavy (non-hydrogen) atoms. The molecule has 10 unspecified atom stereocenters. The molecule has 7 aromatic carbocycles. The average Bonchev–Trinajstić information content (AvgIpc) is 3.54. The minimum absolute atomic E-state index is 0.112. The lowest BCUT2D eigenvalue weighted by Crippen LogP contribution is -2.48. The van der Waals surface area contributed by atoms with Crippen molar-refractivity contribution in [1.82, 2.24) is 0 Å². The molecule has 17 rings (SSSR count). The summed E-state index contributed by atoms with van der Waals surface area (Å²) in [7, 11) is 0. The molecule has 10 aliphatic carbocycles. The molecule has 8 bridgehead atoms. The maximum absolute atomic E-state index is 2.71. The van der Waals surface area contributed by atoms with Crippen molar-refractivity contribution in [2.24, 2.45) is 47.3 Å². The van der Waals surface area contributed by atoms with Gasteiger partial charge in [0.15, 0.2) is 0 Å². The first-order valence-corrected chi connectivity index (χ1v) is 25.0. The van der Waals surface area contributed by atoms with Gasteiger partial charge >= 0.3 is 0 Å². The molecule has 310 valence electrons. The van der Waals surface area contributed by atoms with E-state index < -0.39 is 0 Å². The summed E-state index contributed by atoms with van der Waals surface area (Å²) in [6, 6.07) is 60.0. The van der Waals surface area contributed by atoms with Crippen molar-refractivity contribution in [3.8, 4) is 33.4 Å². The van der Waals surface area contributed by atoms with E-state index >= 15 is 0 Å². The summed E-state index contributed by atoms with van der Waals surface area (Å²) in [5.74, 6) is 6.64. The Morgan fingerprint density at radius 1 is 0.317 bits per heavy atom. The van der Waals surface area contributed by atoms with E-state index in [0.29, 0.717) is 0 Å². The highest BCUT2D eigenvalue weighted by atomic mass is 15.1. The van der Waals surface area contributed by atoms with Gasteiger partial charge in [-0.3, -0.25) is 0 Å². The van der Waals surface area contributed by atoms with E-state index in [4.69, 9.17) is 0 Å². The zero-order chi connectivity index (χ0) is 41.0. The second-order valence-corrected chi connectivity index (χ2v) is 22.0. The third kappa shape index (κ3) is 4.85.